The van der Waals surface area contributed by atoms with Crippen LogP contribution in [0.5, 0.6) is 5.75 Å². The molecule has 0 saturated carbocycles. The summed E-state index contributed by atoms with van der Waals surface area (Å²) in [4.78, 5) is 0. The fraction of sp³-hybridized carbons (Fsp3) is 0.429. The van der Waals surface area contributed by atoms with Crippen molar-refractivity contribution in [3.63, 3.8) is 0 Å². The highest BCUT2D eigenvalue weighted by Crippen LogP contribution is 2.25. The number of benzene rings is 1. The Morgan fingerprint density at radius 3 is 3.00 bits per heavy atom. The second kappa shape index (κ2) is 6.22. The van der Waals surface area contributed by atoms with Crippen LogP contribution in [0, 0.1) is 0 Å². The summed E-state index contributed by atoms with van der Waals surface area (Å²) in [7, 11) is 0. The zero-order valence-corrected chi connectivity index (χ0v) is 11.4. The number of rotatable bonds is 4. The maximum absolute atomic E-state index is 5.95. The number of hydrogen-bond acceptors (Lipinski definition) is 2. The monoisotopic (exact) mass is 295 g/mol. The average Bonchev–Trinajstić information content (AvgIpc) is 2.35. The van der Waals surface area contributed by atoms with E-state index in [1.54, 1.807) is 0 Å². The van der Waals surface area contributed by atoms with E-state index < -0.39 is 0 Å². The van der Waals surface area contributed by atoms with E-state index in [9.17, 15) is 0 Å². The second-order valence-corrected chi connectivity index (χ2v) is 5.16. The van der Waals surface area contributed by atoms with Gasteiger partial charge in [-0.25, -0.2) is 0 Å². The molecule has 17 heavy (non-hydrogen) atoms. The molecule has 1 unspecified atom stereocenters. The largest absolute Gasteiger partial charge is 0.486 e. The third kappa shape index (κ3) is 3.58. The van der Waals surface area contributed by atoms with Gasteiger partial charge in [-0.3, -0.25) is 0 Å². The molecule has 0 saturated heterocycles. The van der Waals surface area contributed by atoms with E-state index in [0.717, 1.165) is 23.1 Å². The number of halogens is 1. The van der Waals surface area contributed by atoms with Gasteiger partial charge in [0.1, 0.15) is 11.9 Å². The van der Waals surface area contributed by atoms with Gasteiger partial charge >= 0.3 is 0 Å². The van der Waals surface area contributed by atoms with E-state index >= 15 is 0 Å². The van der Waals surface area contributed by atoms with Gasteiger partial charge in [0.25, 0.3) is 0 Å². The van der Waals surface area contributed by atoms with Crippen LogP contribution >= 0.6 is 15.9 Å². The van der Waals surface area contributed by atoms with Crippen LogP contribution < -0.4 is 10.5 Å². The summed E-state index contributed by atoms with van der Waals surface area (Å²) in [5.74, 6) is 0.938. The molecule has 2 N–H and O–H groups in total. The first-order valence-corrected chi connectivity index (χ1v) is 6.90. The summed E-state index contributed by atoms with van der Waals surface area (Å²) in [6, 6.07) is 6.12. The highest BCUT2D eigenvalue weighted by Gasteiger charge is 2.10. The predicted octanol–water partition coefficient (Wildman–Crippen LogP) is 3.44. The van der Waals surface area contributed by atoms with Gasteiger partial charge in [0.05, 0.1) is 0 Å². The minimum absolute atomic E-state index is 0.232. The molecular weight excluding hydrogens is 278 g/mol. The zero-order chi connectivity index (χ0) is 12.1. The number of nitrogens with two attached hydrogens (primary N) is 1. The van der Waals surface area contributed by atoms with Crippen LogP contribution in [0.1, 0.15) is 24.8 Å². The summed E-state index contributed by atoms with van der Waals surface area (Å²) in [5.41, 5.74) is 6.80. The van der Waals surface area contributed by atoms with Crippen LogP contribution in [0.3, 0.4) is 0 Å². The van der Waals surface area contributed by atoms with E-state index in [2.05, 4.69) is 34.1 Å². The molecule has 0 aliphatic heterocycles. The van der Waals surface area contributed by atoms with E-state index in [0.29, 0.717) is 6.54 Å². The van der Waals surface area contributed by atoms with Gasteiger partial charge in [-0.1, -0.05) is 22.0 Å². The van der Waals surface area contributed by atoms with Gasteiger partial charge < -0.3 is 10.5 Å². The number of ether oxygens (including phenoxy) is 1. The molecule has 0 heterocycles. The van der Waals surface area contributed by atoms with Crippen molar-refractivity contribution in [2.24, 2.45) is 5.73 Å². The molecule has 0 fully saturated rings. The lowest BCUT2D eigenvalue weighted by molar-refractivity contribution is 0.229. The fourth-order valence-electron chi connectivity index (χ4n) is 2.03. The van der Waals surface area contributed by atoms with Gasteiger partial charge in [-0.2, -0.15) is 0 Å². The number of hydrogen-bond donors (Lipinski definition) is 1. The van der Waals surface area contributed by atoms with E-state index in [4.69, 9.17) is 10.5 Å². The first kappa shape index (κ1) is 12.7. The summed E-state index contributed by atoms with van der Waals surface area (Å²) in [6.07, 6.45) is 8.97. The first-order valence-electron chi connectivity index (χ1n) is 6.11. The van der Waals surface area contributed by atoms with Gasteiger partial charge in [-0.15, -0.1) is 0 Å². The Balaban J connectivity index is 2.07. The fourth-order valence-corrected chi connectivity index (χ4v) is 2.47. The molecule has 0 radical (unpaired) electrons. The van der Waals surface area contributed by atoms with E-state index in [1.165, 1.54) is 18.4 Å². The molecule has 1 aliphatic carbocycles. The van der Waals surface area contributed by atoms with Crippen LogP contribution in [0.25, 0.3) is 0 Å². The van der Waals surface area contributed by atoms with Gasteiger partial charge in [0, 0.05) is 4.47 Å². The molecule has 0 amide bonds. The van der Waals surface area contributed by atoms with Crippen molar-refractivity contribution in [3.8, 4) is 5.75 Å². The molecule has 3 heteroatoms. The van der Waals surface area contributed by atoms with Crippen LogP contribution in [0.2, 0.25) is 0 Å². The molecule has 92 valence electrons. The summed E-state index contributed by atoms with van der Waals surface area (Å²) >= 11 is 3.53. The number of allylic oxidation sites excluding steroid dienone is 1. The minimum atomic E-state index is 0.232. The third-order valence-corrected chi connectivity index (χ3v) is 3.70. The third-order valence-electron chi connectivity index (χ3n) is 2.93. The van der Waals surface area contributed by atoms with Crippen LogP contribution in [-0.2, 0) is 6.42 Å². The molecular formula is C14H18BrNO. The Morgan fingerprint density at radius 1 is 1.41 bits per heavy atom. The Hall–Kier alpha value is -0.800. The smallest absolute Gasteiger partial charge is 0.120 e. The molecule has 1 aliphatic rings. The van der Waals surface area contributed by atoms with Crippen molar-refractivity contribution in [2.75, 3.05) is 6.54 Å². The summed E-state index contributed by atoms with van der Waals surface area (Å²) < 4.78 is 7.05. The van der Waals surface area contributed by atoms with Crippen molar-refractivity contribution in [2.45, 2.75) is 31.8 Å². The average molecular weight is 296 g/mol. The van der Waals surface area contributed by atoms with Crippen molar-refractivity contribution >= 4 is 15.9 Å². The lowest BCUT2D eigenvalue weighted by Crippen LogP contribution is -2.15. The highest BCUT2D eigenvalue weighted by atomic mass is 79.9. The van der Waals surface area contributed by atoms with Crippen molar-refractivity contribution in [1.82, 2.24) is 0 Å². The molecule has 0 aromatic heterocycles. The zero-order valence-electron chi connectivity index (χ0n) is 9.86. The molecule has 0 bridgehead atoms. The quantitative estimate of drug-likeness (QED) is 0.864. The minimum Gasteiger partial charge on any atom is -0.486 e. The van der Waals surface area contributed by atoms with Crippen LogP contribution in [-0.4, -0.2) is 12.6 Å². The molecule has 0 spiro atoms. The van der Waals surface area contributed by atoms with Crippen LogP contribution in [0.4, 0.5) is 0 Å². The SMILES string of the molecule is NCCc1cc(OC2C=CCCC2)ccc1Br. The standard InChI is InChI=1S/C14H18BrNO/c15-14-7-6-13(10-11(14)8-9-16)17-12-4-2-1-3-5-12/h2,4,6-7,10,12H,1,3,5,8-9,16H2. The lowest BCUT2D eigenvalue weighted by atomic mass is 10.1. The van der Waals surface area contributed by atoms with Crippen molar-refractivity contribution in [3.05, 3.63) is 40.4 Å². The van der Waals surface area contributed by atoms with Gasteiger partial charge in [0.15, 0.2) is 0 Å². The maximum atomic E-state index is 5.95. The Labute approximate surface area is 111 Å². The van der Waals surface area contributed by atoms with Crippen molar-refractivity contribution < 1.29 is 4.74 Å². The molecule has 2 nitrogen and oxygen atoms in total. The normalized spacial score (nSPS) is 19.3. The Kier molecular flexibility index (Phi) is 4.63. The van der Waals surface area contributed by atoms with Crippen LogP contribution in [0.15, 0.2) is 34.8 Å². The molecule has 1 atom stereocenters. The first-order chi connectivity index (χ1) is 8.29. The Bertz CT molecular complexity index is 403. The maximum Gasteiger partial charge on any atom is 0.120 e. The van der Waals surface area contributed by atoms with E-state index in [1.807, 2.05) is 12.1 Å². The highest BCUT2D eigenvalue weighted by molar-refractivity contribution is 9.10. The molecule has 2 rings (SSSR count). The van der Waals surface area contributed by atoms with Crippen molar-refractivity contribution in [1.29, 1.82) is 0 Å². The van der Waals surface area contributed by atoms with Gasteiger partial charge in [-0.05, 0) is 62.1 Å². The topological polar surface area (TPSA) is 35.2 Å². The predicted molar refractivity (Wildman–Crippen MR) is 74.3 cm³/mol. The summed E-state index contributed by atoms with van der Waals surface area (Å²) in [5, 5.41) is 0. The second-order valence-electron chi connectivity index (χ2n) is 4.31. The molecule has 1 aromatic carbocycles. The molecule has 1 aromatic rings. The Morgan fingerprint density at radius 2 is 2.29 bits per heavy atom. The lowest BCUT2D eigenvalue weighted by Gasteiger charge is -2.19. The summed E-state index contributed by atoms with van der Waals surface area (Å²) in [6.45, 7) is 0.658. The van der Waals surface area contributed by atoms with E-state index in [-0.39, 0.29) is 6.10 Å². The van der Waals surface area contributed by atoms with Gasteiger partial charge in [0.2, 0.25) is 0 Å².